The molecular formula is C28H33N5O3. The molecule has 3 aromatic rings. The molecule has 4 rings (SSSR count). The van der Waals surface area contributed by atoms with E-state index in [-0.39, 0.29) is 5.91 Å². The Balaban J connectivity index is 1.73. The van der Waals surface area contributed by atoms with Crippen LogP contribution in [-0.2, 0) is 4.79 Å². The van der Waals surface area contributed by atoms with Crippen molar-refractivity contribution < 1.29 is 14.7 Å². The summed E-state index contributed by atoms with van der Waals surface area (Å²) in [6.07, 6.45) is 6.01. The van der Waals surface area contributed by atoms with Crippen LogP contribution in [0.2, 0.25) is 0 Å². The monoisotopic (exact) mass is 487 g/mol. The molecule has 1 aliphatic heterocycles. The molecule has 8 heteroatoms. The fourth-order valence-electron chi connectivity index (χ4n) is 4.58. The molecule has 188 valence electrons. The average Bonchev–Trinajstić information content (AvgIpc) is 3.19. The van der Waals surface area contributed by atoms with E-state index in [4.69, 9.17) is 10.2 Å². The van der Waals surface area contributed by atoms with Gasteiger partial charge in [0.05, 0.1) is 11.4 Å². The van der Waals surface area contributed by atoms with Crippen molar-refractivity contribution in [3.8, 4) is 16.9 Å². The summed E-state index contributed by atoms with van der Waals surface area (Å²) in [5.41, 5.74) is 9.98. The fraction of sp³-hybridized carbons (Fsp3) is 0.321. The summed E-state index contributed by atoms with van der Waals surface area (Å²) < 4.78 is 1.86. The number of aromatic nitrogens is 2. The minimum absolute atomic E-state index is 0.202. The summed E-state index contributed by atoms with van der Waals surface area (Å²) in [6.45, 7) is 8.11. The minimum atomic E-state index is -0.978. The Hall–Kier alpha value is -3.91. The Kier molecular flexibility index (Phi) is 7.85. The highest BCUT2D eigenvalue weighted by molar-refractivity contribution is 5.95. The van der Waals surface area contributed by atoms with Crippen LogP contribution in [0, 0.1) is 20.8 Å². The number of carboxylic acids is 1. The van der Waals surface area contributed by atoms with Gasteiger partial charge in [0, 0.05) is 42.5 Å². The van der Waals surface area contributed by atoms with E-state index in [1.165, 1.54) is 6.42 Å². The quantitative estimate of drug-likeness (QED) is 0.400. The van der Waals surface area contributed by atoms with E-state index < -0.39 is 5.97 Å². The van der Waals surface area contributed by atoms with Gasteiger partial charge in [-0.15, -0.1) is 0 Å². The molecule has 8 nitrogen and oxygen atoms in total. The molecule has 2 heterocycles. The number of nitrogens with zero attached hydrogens (tertiary/aromatic N) is 3. The van der Waals surface area contributed by atoms with Crippen LogP contribution in [0.1, 0.15) is 46.4 Å². The van der Waals surface area contributed by atoms with Crippen LogP contribution >= 0.6 is 0 Å². The Morgan fingerprint density at radius 2 is 1.83 bits per heavy atom. The number of benzene rings is 2. The van der Waals surface area contributed by atoms with Crippen LogP contribution in [0.4, 0.5) is 5.69 Å². The highest BCUT2D eigenvalue weighted by atomic mass is 16.4. The van der Waals surface area contributed by atoms with Crippen LogP contribution in [0.15, 0.2) is 54.6 Å². The molecule has 3 N–H and O–H groups in total. The summed E-state index contributed by atoms with van der Waals surface area (Å²) in [5.74, 6) is -1.18. The molecular weight excluding hydrogens is 454 g/mol. The van der Waals surface area contributed by atoms with Gasteiger partial charge in [-0.2, -0.15) is 5.10 Å². The summed E-state index contributed by atoms with van der Waals surface area (Å²) in [5, 5.41) is 18.8. The molecule has 0 bridgehead atoms. The number of carboxylic acid groups (broad SMARTS) is 1. The number of carbonyl (C=O) groups is 2. The minimum Gasteiger partial charge on any atom is -0.478 e. The maximum absolute atomic E-state index is 13.3. The number of rotatable bonds is 8. The number of aryl methyl sites for hydroxylation is 2. The fourth-order valence-corrected chi connectivity index (χ4v) is 4.58. The smallest absolute Gasteiger partial charge is 0.328 e. The number of anilines is 1. The molecule has 1 fully saturated rings. The van der Waals surface area contributed by atoms with Crippen LogP contribution in [-0.4, -0.2) is 51.4 Å². The van der Waals surface area contributed by atoms with Crippen molar-refractivity contribution >= 4 is 17.6 Å². The zero-order valence-electron chi connectivity index (χ0n) is 21.0. The molecule has 0 unspecified atom stereocenters. The van der Waals surface area contributed by atoms with Crippen molar-refractivity contribution in [2.75, 3.05) is 25.0 Å². The number of amides is 1. The maximum Gasteiger partial charge on any atom is 0.328 e. The first kappa shape index (κ1) is 25.2. The molecule has 0 atom stereocenters. The van der Waals surface area contributed by atoms with Gasteiger partial charge >= 0.3 is 5.97 Å². The van der Waals surface area contributed by atoms with Gasteiger partial charge < -0.3 is 10.4 Å². The van der Waals surface area contributed by atoms with Crippen molar-refractivity contribution in [2.24, 2.45) is 0 Å². The van der Waals surface area contributed by atoms with Crippen molar-refractivity contribution in [2.45, 2.75) is 40.0 Å². The lowest BCUT2D eigenvalue weighted by Crippen LogP contribution is -2.45. The molecule has 1 amide bonds. The SMILES string of the molecule is Cc1ccc(-n2nc(C(=O)NN3CCCCC3)c(C)c2-c2cccc(NC/C=C/C(=O)O)c2)c(C)c1. The molecule has 0 saturated carbocycles. The second-order valence-corrected chi connectivity index (χ2v) is 9.21. The zero-order valence-corrected chi connectivity index (χ0v) is 21.0. The van der Waals surface area contributed by atoms with E-state index in [9.17, 15) is 9.59 Å². The molecule has 2 aromatic carbocycles. The van der Waals surface area contributed by atoms with Crippen LogP contribution in [0.3, 0.4) is 0 Å². The molecule has 1 aliphatic rings. The van der Waals surface area contributed by atoms with Gasteiger partial charge in [-0.05, 0) is 57.4 Å². The zero-order chi connectivity index (χ0) is 25.7. The standard InChI is InChI=1S/C28H33N5O3/c1-19-12-13-24(20(2)17-19)33-27(22-9-7-10-23(18-22)29-14-8-11-25(34)35)21(3)26(30-33)28(36)31-32-15-5-4-6-16-32/h7-13,17-18,29H,4-6,14-16H2,1-3H3,(H,31,36)(H,34,35)/b11-8+. The number of nitrogens with one attached hydrogen (secondary N) is 2. The molecule has 0 spiro atoms. The molecule has 0 aliphatic carbocycles. The lowest BCUT2D eigenvalue weighted by molar-refractivity contribution is -0.131. The first-order valence-electron chi connectivity index (χ1n) is 12.3. The first-order valence-corrected chi connectivity index (χ1v) is 12.3. The highest BCUT2D eigenvalue weighted by Crippen LogP contribution is 2.31. The molecule has 1 aromatic heterocycles. The predicted octanol–water partition coefficient (Wildman–Crippen LogP) is 4.65. The Bertz CT molecular complexity index is 1290. The van der Waals surface area contributed by atoms with Crippen molar-refractivity contribution in [1.82, 2.24) is 20.2 Å². The lowest BCUT2D eigenvalue weighted by atomic mass is 10.0. The van der Waals surface area contributed by atoms with Gasteiger partial charge in [0.2, 0.25) is 0 Å². The van der Waals surface area contributed by atoms with E-state index in [0.29, 0.717) is 12.2 Å². The number of aliphatic carboxylic acids is 1. The molecule has 36 heavy (non-hydrogen) atoms. The highest BCUT2D eigenvalue weighted by Gasteiger charge is 2.24. The van der Waals surface area contributed by atoms with Crippen molar-refractivity contribution in [3.05, 3.63) is 77.0 Å². The van der Waals surface area contributed by atoms with Gasteiger partial charge in [0.25, 0.3) is 5.91 Å². The number of carbonyl (C=O) groups excluding carboxylic acids is 1. The van der Waals surface area contributed by atoms with Gasteiger partial charge in [0.1, 0.15) is 0 Å². The Morgan fingerprint density at radius 1 is 1.06 bits per heavy atom. The van der Waals surface area contributed by atoms with Crippen LogP contribution < -0.4 is 10.7 Å². The van der Waals surface area contributed by atoms with E-state index in [1.54, 1.807) is 6.08 Å². The number of piperidine rings is 1. The van der Waals surface area contributed by atoms with Gasteiger partial charge in [-0.3, -0.25) is 10.2 Å². The van der Waals surface area contributed by atoms with E-state index in [0.717, 1.165) is 71.3 Å². The average molecular weight is 488 g/mol. The van der Waals surface area contributed by atoms with E-state index >= 15 is 0 Å². The first-order chi connectivity index (χ1) is 17.3. The van der Waals surface area contributed by atoms with Gasteiger partial charge in [-0.25, -0.2) is 14.5 Å². The van der Waals surface area contributed by atoms with Crippen molar-refractivity contribution in [1.29, 1.82) is 0 Å². The van der Waals surface area contributed by atoms with Gasteiger partial charge in [0.15, 0.2) is 5.69 Å². The normalized spacial score (nSPS) is 14.2. The number of hydrogen-bond acceptors (Lipinski definition) is 5. The van der Waals surface area contributed by atoms with E-state index in [2.05, 4.69) is 23.7 Å². The molecule has 0 radical (unpaired) electrons. The topological polar surface area (TPSA) is 99.5 Å². The predicted molar refractivity (Wildman–Crippen MR) is 141 cm³/mol. The number of hydrazine groups is 1. The lowest BCUT2D eigenvalue weighted by Gasteiger charge is -2.26. The third-order valence-corrected chi connectivity index (χ3v) is 6.35. The van der Waals surface area contributed by atoms with Crippen molar-refractivity contribution in [3.63, 3.8) is 0 Å². The maximum atomic E-state index is 13.3. The second kappa shape index (κ2) is 11.2. The third kappa shape index (κ3) is 5.83. The molecule has 1 saturated heterocycles. The second-order valence-electron chi connectivity index (χ2n) is 9.21. The summed E-state index contributed by atoms with van der Waals surface area (Å²) in [6, 6.07) is 14.0. The summed E-state index contributed by atoms with van der Waals surface area (Å²) >= 11 is 0. The number of hydrogen-bond donors (Lipinski definition) is 3. The van der Waals surface area contributed by atoms with E-state index in [1.807, 2.05) is 59.9 Å². The summed E-state index contributed by atoms with van der Waals surface area (Å²) in [7, 11) is 0. The Labute approximate surface area is 211 Å². The largest absolute Gasteiger partial charge is 0.478 e. The summed E-state index contributed by atoms with van der Waals surface area (Å²) in [4.78, 5) is 24.0. The third-order valence-electron chi connectivity index (χ3n) is 6.35. The van der Waals surface area contributed by atoms with Gasteiger partial charge in [-0.1, -0.05) is 42.3 Å². The Morgan fingerprint density at radius 3 is 2.56 bits per heavy atom. The van der Waals surface area contributed by atoms with Crippen LogP contribution in [0.5, 0.6) is 0 Å². The van der Waals surface area contributed by atoms with Crippen LogP contribution in [0.25, 0.3) is 16.9 Å².